The molecule has 0 aliphatic heterocycles. The highest BCUT2D eigenvalue weighted by atomic mass is 16.4. The van der Waals surface area contributed by atoms with Gasteiger partial charge in [0.2, 0.25) is 0 Å². The fourth-order valence-corrected chi connectivity index (χ4v) is 1.62. The molecule has 0 aromatic heterocycles. The molecule has 1 aromatic carbocycles. The quantitative estimate of drug-likeness (QED) is 0.821. The third-order valence-electron chi connectivity index (χ3n) is 2.68. The van der Waals surface area contributed by atoms with Gasteiger partial charge < -0.3 is 10.2 Å². The third-order valence-corrected chi connectivity index (χ3v) is 2.68. The van der Waals surface area contributed by atoms with E-state index in [4.69, 9.17) is 10.2 Å². The molecule has 1 rings (SSSR count). The van der Waals surface area contributed by atoms with Crippen LogP contribution in [0.25, 0.3) is 0 Å². The van der Waals surface area contributed by atoms with E-state index in [1.165, 1.54) is 6.07 Å². The van der Waals surface area contributed by atoms with Crippen LogP contribution in [0.3, 0.4) is 0 Å². The number of carboxylic acid groups (broad SMARTS) is 2. The van der Waals surface area contributed by atoms with E-state index in [1.807, 2.05) is 13.8 Å². The molecule has 0 saturated carbocycles. The van der Waals surface area contributed by atoms with Crippen LogP contribution in [0, 0.1) is 0 Å². The second-order valence-corrected chi connectivity index (χ2v) is 3.69. The van der Waals surface area contributed by atoms with Crippen LogP contribution in [0.5, 0.6) is 0 Å². The van der Waals surface area contributed by atoms with Crippen LogP contribution < -0.4 is 0 Å². The first-order chi connectivity index (χ1) is 7.49. The minimum Gasteiger partial charge on any atom is -0.478 e. The van der Waals surface area contributed by atoms with Crippen LogP contribution in [0.4, 0.5) is 0 Å². The summed E-state index contributed by atoms with van der Waals surface area (Å²) in [6.45, 7) is 3.82. The molecule has 1 aromatic rings. The van der Waals surface area contributed by atoms with Gasteiger partial charge in [-0.2, -0.15) is 0 Å². The Balaban J connectivity index is 3.44. The average Bonchev–Trinajstić information content (AvgIpc) is 2.26. The molecule has 0 radical (unpaired) electrons. The molecule has 16 heavy (non-hydrogen) atoms. The molecule has 0 amide bonds. The van der Waals surface area contributed by atoms with Gasteiger partial charge in [0.05, 0.1) is 11.1 Å². The molecule has 4 heteroatoms. The minimum atomic E-state index is -1.21. The van der Waals surface area contributed by atoms with E-state index in [9.17, 15) is 9.59 Å². The number of hydrogen-bond acceptors (Lipinski definition) is 2. The monoisotopic (exact) mass is 222 g/mol. The van der Waals surface area contributed by atoms with Crippen molar-refractivity contribution in [2.45, 2.75) is 26.2 Å². The van der Waals surface area contributed by atoms with E-state index in [0.717, 1.165) is 6.42 Å². The van der Waals surface area contributed by atoms with Gasteiger partial charge >= 0.3 is 11.9 Å². The topological polar surface area (TPSA) is 74.6 Å². The first kappa shape index (κ1) is 12.2. The lowest BCUT2D eigenvalue weighted by atomic mass is 9.90. The van der Waals surface area contributed by atoms with Gasteiger partial charge in [-0.3, -0.25) is 0 Å². The molecule has 1 atom stereocenters. The van der Waals surface area contributed by atoms with Crippen LogP contribution >= 0.6 is 0 Å². The van der Waals surface area contributed by atoms with E-state index in [0.29, 0.717) is 5.56 Å². The van der Waals surface area contributed by atoms with E-state index in [1.54, 1.807) is 12.1 Å². The van der Waals surface area contributed by atoms with E-state index >= 15 is 0 Å². The lowest BCUT2D eigenvalue weighted by Gasteiger charge is -2.14. The minimum absolute atomic E-state index is 0.0328. The fourth-order valence-electron chi connectivity index (χ4n) is 1.62. The Morgan fingerprint density at radius 3 is 2.31 bits per heavy atom. The van der Waals surface area contributed by atoms with Gasteiger partial charge in [-0.25, -0.2) is 9.59 Å². The maximum atomic E-state index is 11.1. The van der Waals surface area contributed by atoms with Gasteiger partial charge in [0.15, 0.2) is 0 Å². The van der Waals surface area contributed by atoms with Gasteiger partial charge in [-0.1, -0.05) is 26.0 Å². The summed E-state index contributed by atoms with van der Waals surface area (Å²) in [5.74, 6) is -2.36. The summed E-state index contributed by atoms with van der Waals surface area (Å²) in [6.07, 6.45) is 0.767. The molecule has 0 bridgehead atoms. The van der Waals surface area contributed by atoms with Crippen LogP contribution in [0.15, 0.2) is 18.2 Å². The number of benzene rings is 1. The Kier molecular flexibility index (Phi) is 3.66. The summed E-state index contributed by atoms with van der Waals surface area (Å²) in [5.41, 5.74) is 0.338. The van der Waals surface area contributed by atoms with Crippen LogP contribution in [-0.4, -0.2) is 22.2 Å². The van der Waals surface area contributed by atoms with Gasteiger partial charge in [-0.15, -0.1) is 0 Å². The Morgan fingerprint density at radius 2 is 1.88 bits per heavy atom. The standard InChI is InChI=1S/C12H14O4/c1-3-7(2)8-5-4-6-9(11(13)14)10(8)12(15)16/h4-7H,3H2,1-2H3,(H,13,14)(H,15,16). The SMILES string of the molecule is CCC(C)c1cccc(C(=O)O)c1C(=O)O. The van der Waals surface area contributed by atoms with Crippen molar-refractivity contribution >= 4 is 11.9 Å². The molecular formula is C12H14O4. The van der Waals surface area contributed by atoms with E-state index < -0.39 is 11.9 Å². The highest BCUT2D eigenvalue weighted by Gasteiger charge is 2.21. The number of carbonyl (C=O) groups is 2. The van der Waals surface area contributed by atoms with E-state index in [-0.39, 0.29) is 17.0 Å². The van der Waals surface area contributed by atoms with Gasteiger partial charge in [0.25, 0.3) is 0 Å². The van der Waals surface area contributed by atoms with Gasteiger partial charge in [0, 0.05) is 0 Å². The molecule has 2 N–H and O–H groups in total. The van der Waals surface area contributed by atoms with Gasteiger partial charge in [-0.05, 0) is 24.0 Å². The summed E-state index contributed by atoms with van der Waals surface area (Å²) < 4.78 is 0. The van der Waals surface area contributed by atoms with E-state index in [2.05, 4.69) is 0 Å². The Bertz CT molecular complexity index is 423. The van der Waals surface area contributed by atoms with Crippen molar-refractivity contribution < 1.29 is 19.8 Å². The molecular weight excluding hydrogens is 208 g/mol. The summed E-state index contributed by atoms with van der Waals surface area (Å²) >= 11 is 0. The normalized spacial score (nSPS) is 12.1. The Hall–Kier alpha value is -1.84. The summed E-state index contributed by atoms with van der Waals surface area (Å²) in [6, 6.07) is 4.57. The lowest BCUT2D eigenvalue weighted by Crippen LogP contribution is -2.12. The van der Waals surface area contributed by atoms with Crippen LogP contribution in [0.2, 0.25) is 0 Å². The zero-order chi connectivity index (χ0) is 12.3. The molecule has 0 spiro atoms. The lowest BCUT2D eigenvalue weighted by molar-refractivity contribution is 0.0650. The Labute approximate surface area is 93.5 Å². The van der Waals surface area contributed by atoms with Crippen molar-refractivity contribution in [3.8, 4) is 0 Å². The van der Waals surface area contributed by atoms with Crippen molar-refractivity contribution in [2.75, 3.05) is 0 Å². The van der Waals surface area contributed by atoms with Crippen LogP contribution in [0.1, 0.15) is 52.5 Å². The number of rotatable bonds is 4. The van der Waals surface area contributed by atoms with Crippen molar-refractivity contribution in [2.24, 2.45) is 0 Å². The smallest absolute Gasteiger partial charge is 0.336 e. The summed E-state index contributed by atoms with van der Waals surface area (Å²) in [7, 11) is 0. The molecule has 0 fully saturated rings. The highest BCUT2D eigenvalue weighted by molar-refractivity contribution is 6.02. The third kappa shape index (κ3) is 2.21. The first-order valence-electron chi connectivity index (χ1n) is 5.08. The van der Waals surface area contributed by atoms with Crippen molar-refractivity contribution in [3.63, 3.8) is 0 Å². The molecule has 4 nitrogen and oxygen atoms in total. The van der Waals surface area contributed by atoms with Gasteiger partial charge in [0.1, 0.15) is 0 Å². The van der Waals surface area contributed by atoms with Crippen molar-refractivity contribution in [1.29, 1.82) is 0 Å². The van der Waals surface area contributed by atoms with Crippen molar-refractivity contribution in [1.82, 2.24) is 0 Å². The second-order valence-electron chi connectivity index (χ2n) is 3.69. The highest BCUT2D eigenvalue weighted by Crippen LogP contribution is 2.25. The molecule has 86 valence electrons. The first-order valence-corrected chi connectivity index (χ1v) is 5.08. The maximum Gasteiger partial charge on any atom is 0.336 e. The molecule has 0 heterocycles. The van der Waals surface area contributed by atoms with Crippen LogP contribution in [-0.2, 0) is 0 Å². The van der Waals surface area contributed by atoms with Crippen molar-refractivity contribution in [3.05, 3.63) is 34.9 Å². The largest absolute Gasteiger partial charge is 0.478 e. The molecule has 0 aliphatic carbocycles. The predicted octanol–water partition coefficient (Wildman–Crippen LogP) is 2.60. The zero-order valence-electron chi connectivity index (χ0n) is 9.23. The summed E-state index contributed by atoms with van der Waals surface area (Å²) in [5, 5.41) is 18.0. The molecule has 1 unspecified atom stereocenters. The maximum absolute atomic E-state index is 11.1. The number of aromatic carboxylic acids is 2. The predicted molar refractivity (Wildman–Crippen MR) is 59.1 cm³/mol. The molecule has 0 aliphatic rings. The number of carboxylic acids is 2. The summed E-state index contributed by atoms with van der Waals surface area (Å²) in [4.78, 5) is 22.0. The zero-order valence-corrected chi connectivity index (χ0v) is 9.23. The average molecular weight is 222 g/mol. The molecule has 0 saturated heterocycles. The number of hydrogen-bond donors (Lipinski definition) is 2. The second kappa shape index (κ2) is 4.79. The fraction of sp³-hybridized carbons (Fsp3) is 0.333. The Morgan fingerprint density at radius 1 is 1.25 bits per heavy atom.